The molecule has 1 fully saturated rings. The van der Waals surface area contributed by atoms with Crippen molar-refractivity contribution in [3.05, 3.63) is 52.8 Å². The number of halogens is 1. The molecule has 2 N–H and O–H groups in total. The van der Waals surface area contributed by atoms with Gasteiger partial charge in [0.1, 0.15) is 0 Å². The maximum Gasteiger partial charge on any atom is 0.254 e. The molecular formula is C17H20ClN3O3. The van der Waals surface area contributed by atoms with Crippen LogP contribution < -0.4 is 5.32 Å². The Hall–Kier alpha value is -1.89. The van der Waals surface area contributed by atoms with Gasteiger partial charge < -0.3 is 15.2 Å². The highest BCUT2D eigenvalue weighted by Gasteiger charge is 2.30. The number of amides is 1. The van der Waals surface area contributed by atoms with E-state index in [-0.39, 0.29) is 12.5 Å². The number of rotatable bonds is 5. The number of aliphatic hydroxyl groups is 1. The van der Waals surface area contributed by atoms with Gasteiger partial charge in [-0.05, 0) is 11.6 Å². The molecule has 24 heavy (non-hydrogen) atoms. The normalized spacial score (nSPS) is 16.8. The van der Waals surface area contributed by atoms with E-state index >= 15 is 0 Å². The molecule has 0 atom stereocenters. The van der Waals surface area contributed by atoms with Gasteiger partial charge in [0.2, 0.25) is 0 Å². The fourth-order valence-corrected chi connectivity index (χ4v) is 2.84. The quantitative estimate of drug-likeness (QED) is 0.863. The average Bonchev–Trinajstić information content (AvgIpc) is 3.04. The van der Waals surface area contributed by atoms with E-state index in [9.17, 15) is 9.90 Å². The molecule has 1 aromatic heterocycles. The number of carbonyl (C=O) groups is 1. The highest BCUT2D eigenvalue weighted by Crippen LogP contribution is 2.19. The molecule has 0 spiro atoms. The van der Waals surface area contributed by atoms with Crippen molar-refractivity contribution in [3.8, 4) is 0 Å². The molecule has 0 saturated carbocycles. The fourth-order valence-electron chi connectivity index (χ4n) is 2.64. The summed E-state index contributed by atoms with van der Waals surface area (Å²) in [5, 5.41) is 18.0. The first-order chi connectivity index (χ1) is 11.6. The second-order valence-corrected chi connectivity index (χ2v) is 6.44. The van der Waals surface area contributed by atoms with Gasteiger partial charge in [-0.25, -0.2) is 0 Å². The first kappa shape index (κ1) is 17.0. The summed E-state index contributed by atoms with van der Waals surface area (Å²) in [6.45, 7) is 1.74. The summed E-state index contributed by atoms with van der Waals surface area (Å²) in [7, 11) is 0. The van der Waals surface area contributed by atoms with Gasteiger partial charge in [-0.1, -0.05) is 29.8 Å². The number of carbonyl (C=O) groups excluding carboxylic acids is 1. The van der Waals surface area contributed by atoms with E-state index in [1.54, 1.807) is 10.9 Å². The standard InChI is InChI=1S/C17H20ClN3O3/c18-15-4-2-1-3-13(15)10-21-11-14(9-20-21)16(22)19-12-17(23)5-7-24-8-6-17/h1-4,9,11,23H,5-8,10,12H2,(H,19,22). The van der Waals surface area contributed by atoms with Crippen molar-refractivity contribution in [2.45, 2.75) is 25.0 Å². The molecule has 0 unspecified atom stereocenters. The Labute approximate surface area is 145 Å². The minimum atomic E-state index is -0.887. The average molecular weight is 350 g/mol. The summed E-state index contributed by atoms with van der Waals surface area (Å²) in [5.74, 6) is -0.250. The highest BCUT2D eigenvalue weighted by atomic mass is 35.5. The van der Waals surface area contributed by atoms with E-state index in [2.05, 4.69) is 10.4 Å². The Bertz CT molecular complexity index is 711. The van der Waals surface area contributed by atoms with Crippen LogP contribution in [0.4, 0.5) is 0 Å². The molecule has 1 aliphatic rings. The molecule has 1 amide bonds. The second-order valence-electron chi connectivity index (χ2n) is 6.04. The van der Waals surface area contributed by atoms with Gasteiger partial charge in [0.15, 0.2) is 0 Å². The molecule has 6 nitrogen and oxygen atoms in total. The minimum Gasteiger partial charge on any atom is -0.388 e. The Kier molecular flexibility index (Phi) is 5.18. The van der Waals surface area contributed by atoms with Gasteiger partial charge in [-0.3, -0.25) is 9.48 Å². The lowest BCUT2D eigenvalue weighted by Crippen LogP contribution is -2.46. The van der Waals surface area contributed by atoms with Crippen LogP contribution in [0.5, 0.6) is 0 Å². The molecule has 2 aromatic rings. The summed E-state index contributed by atoms with van der Waals surface area (Å²) in [6.07, 6.45) is 4.24. The lowest BCUT2D eigenvalue weighted by Gasteiger charge is -2.31. The molecule has 128 valence electrons. The zero-order chi connectivity index (χ0) is 17.0. The molecule has 2 heterocycles. The summed E-state index contributed by atoms with van der Waals surface area (Å²) >= 11 is 6.14. The van der Waals surface area contributed by atoms with Gasteiger partial charge in [0.05, 0.1) is 23.9 Å². The van der Waals surface area contributed by atoms with E-state index in [1.165, 1.54) is 6.20 Å². The molecule has 0 bridgehead atoms. The number of benzene rings is 1. The topological polar surface area (TPSA) is 76.4 Å². The third kappa shape index (κ3) is 4.14. The van der Waals surface area contributed by atoms with Crippen molar-refractivity contribution < 1.29 is 14.6 Å². The van der Waals surface area contributed by atoms with E-state index < -0.39 is 5.60 Å². The lowest BCUT2D eigenvalue weighted by molar-refractivity contribution is -0.0605. The Balaban J connectivity index is 1.58. The Morgan fingerprint density at radius 3 is 2.88 bits per heavy atom. The van der Waals surface area contributed by atoms with Gasteiger partial charge in [-0.15, -0.1) is 0 Å². The predicted octanol–water partition coefficient (Wildman–Crippen LogP) is 1.86. The Morgan fingerprint density at radius 2 is 2.12 bits per heavy atom. The molecule has 1 aromatic carbocycles. The van der Waals surface area contributed by atoms with Crippen LogP contribution in [0.1, 0.15) is 28.8 Å². The summed E-state index contributed by atoms with van der Waals surface area (Å²) in [4.78, 5) is 12.2. The van der Waals surface area contributed by atoms with Gasteiger partial charge in [0.25, 0.3) is 5.91 Å². The number of hydrogen-bond donors (Lipinski definition) is 2. The lowest BCUT2D eigenvalue weighted by atomic mass is 9.94. The van der Waals surface area contributed by atoms with E-state index in [1.807, 2.05) is 24.3 Å². The van der Waals surface area contributed by atoms with Crippen molar-refractivity contribution in [1.82, 2.24) is 15.1 Å². The zero-order valence-electron chi connectivity index (χ0n) is 13.2. The smallest absolute Gasteiger partial charge is 0.254 e. The first-order valence-electron chi connectivity index (χ1n) is 7.90. The number of hydrogen-bond acceptors (Lipinski definition) is 4. The number of aromatic nitrogens is 2. The van der Waals surface area contributed by atoms with Crippen LogP contribution >= 0.6 is 11.6 Å². The number of ether oxygens (including phenoxy) is 1. The highest BCUT2D eigenvalue weighted by molar-refractivity contribution is 6.31. The summed E-state index contributed by atoms with van der Waals surface area (Å²) in [6, 6.07) is 7.52. The molecule has 3 rings (SSSR count). The molecule has 7 heteroatoms. The van der Waals surface area contributed by atoms with Crippen LogP contribution in [-0.4, -0.2) is 46.2 Å². The van der Waals surface area contributed by atoms with E-state index in [0.29, 0.717) is 43.2 Å². The van der Waals surface area contributed by atoms with Crippen molar-refractivity contribution in [2.75, 3.05) is 19.8 Å². The molecule has 1 aliphatic heterocycles. The number of nitrogens with one attached hydrogen (secondary N) is 1. The van der Waals surface area contributed by atoms with Crippen LogP contribution in [-0.2, 0) is 11.3 Å². The maximum absolute atomic E-state index is 12.2. The van der Waals surface area contributed by atoms with Crippen molar-refractivity contribution in [1.29, 1.82) is 0 Å². The third-order valence-corrected chi connectivity index (χ3v) is 4.56. The third-order valence-electron chi connectivity index (χ3n) is 4.19. The summed E-state index contributed by atoms with van der Waals surface area (Å²) in [5.41, 5.74) is 0.505. The van der Waals surface area contributed by atoms with Gasteiger partial charge >= 0.3 is 0 Å². The molecule has 0 aliphatic carbocycles. The monoisotopic (exact) mass is 349 g/mol. The molecule has 1 saturated heterocycles. The van der Waals surface area contributed by atoms with Gasteiger partial charge in [-0.2, -0.15) is 5.10 Å². The Morgan fingerprint density at radius 1 is 1.38 bits per heavy atom. The van der Waals surface area contributed by atoms with Crippen molar-refractivity contribution in [3.63, 3.8) is 0 Å². The predicted molar refractivity (Wildman–Crippen MR) is 90.1 cm³/mol. The van der Waals surface area contributed by atoms with Crippen LogP contribution in [0.25, 0.3) is 0 Å². The van der Waals surface area contributed by atoms with Crippen molar-refractivity contribution >= 4 is 17.5 Å². The van der Waals surface area contributed by atoms with Crippen LogP contribution in [0.3, 0.4) is 0 Å². The van der Waals surface area contributed by atoms with E-state index in [0.717, 1.165) is 5.56 Å². The number of nitrogens with zero attached hydrogens (tertiary/aromatic N) is 2. The molecule has 0 radical (unpaired) electrons. The van der Waals surface area contributed by atoms with Gasteiger partial charge in [0, 0.05) is 43.8 Å². The van der Waals surface area contributed by atoms with Crippen molar-refractivity contribution in [2.24, 2.45) is 0 Å². The summed E-state index contributed by atoms with van der Waals surface area (Å²) < 4.78 is 6.90. The largest absolute Gasteiger partial charge is 0.388 e. The SMILES string of the molecule is O=C(NCC1(O)CCOCC1)c1cnn(Cc2ccccc2Cl)c1. The van der Waals surface area contributed by atoms with Crippen LogP contribution in [0.15, 0.2) is 36.7 Å². The fraction of sp³-hybridized carbons (Fsp3) is 0.412. The molecular weight excluding hydrogens is 330 g/mol. The zero-order valence-corrected chi connectivity index (χ0v) is 14.0. The maximum atomic E-state index is 12.2. The minimum absolute atomic E-state index is 0.213. The van der Waals surface area contributed by atoms with E-state index in [4.69, 9.17) is 16.3 Å². The second kappa shape index (κ2) is 7.34. The van der Waals surface area contributed by atoms with Crippen LogP contribution in [0.2, 0.25) is 5.02 Å². The first-order valence-corrected chi connectivity index (χ1v) is 8.28. The van der Waals surface area contributed by atoms with Crippen LogP contribution in [0, 0.1) is 0 Å².